The van der Waals surface area contributed by atoms with Gasteiger partial charge in [0.15, 0.2) is 0 Å². The summed E-state index contributed by atoms with van der Waals surface area (Å²) >= 11 is 5.96. The van der Waals surface area contributed by atoms with E-state index in [0.29, 0.717) is 23.0 Å². The van der Waals surface area contributed by atoms with E-state index >= 15 is 0 Å². The number of hydrogen-bond donors (Lipinski definition) is 2. The molecule has 0 bridgehead atoms. The van der Waals surface area contributed by atoms with Crippen LogP contribution in [0.1, 0.15) is 35.1 Å². The Morgan fingerprint density at radius 3 is 2.95 bits per heavy atom. The van der Waals surface area contributed by atoms with Crippen molar-refractivity contribution < 1.29 is 9.53 Å². The number of methoxy groups -OCH3 is 1. The molecule has 1 amide bonds. The zero-order valence-corrected chi connectivity index (χ0v) is 12.8. The number of aromatic nitrogens is 2. The third-order valence-corrected chi connectivity index (χ3v) is 3.30. The van der Waals surface area contributed by atoms with Crippen LogP contribution in [0.25, 0.3) is 0 Å². The highest BCUT2D eigenvalue weighted by atomic mass is 35.5. The molecule has 2 aromatic rings. The molecule has 0 aliphatic heterocycles. The molecule has 5 nitrogen and oxygen atoms in total. The average Bonchev–Trinajstić information content (AvgIpc) is 2.94. The van der Waals surface area contributed by atoms with Crippen LogP contribution >= 0.6 is 11.6 Å². The van der Waals surface area contributed by atoms with Gasteiger partial charge in [0.1, 0.15) is 11.4 Å². The summed E-state index contributed by atoms with van der Waals surface area (Å²) in [6, 6.07) is 7.07. The third-order valence-electron chi connectivity index (χ3n) is 3.06. The number of rotatable bonds is 6. The van der Waals surface area contributed by atoms with Crippen molar-refractivity contribution >= 4 is 17.5 Å². The first-order valence-corrected chi connectivity index (χ1v) is 7.16. The SMILES string of the molecule is CCCc1cc(C(=O)NCc2cc(Cl)ccc2OC)n[nH]1. The van der Waals surface area contributed by atoms with Crippen molar-refractivity contribution in [3.05, 3.63) is 46.2 Å². The number of ether oxygens (including phenoxy) is 1. The number of H-pyrrole nitrogens is 1. The second kappa shape index (κ2) is 7.13. The number of benzene rings is 1. The number of halogens is 1. The Bertz CT molecular complexity index is 625. The molecule has 112 valence electrons. The highest BCUT2D eigenvalue weighted by Gasteiger charge is 2.11. The molecular weight excluding hydrogens is 290 g/mol. The number of carbonyl (C=O) groups excluding carboxylic acids is 1. The second-order valence-corrected chi connectivity index (χ2v) is 5.10. The fourth-order valence-electron chi connectivity index (χ4n) is 2.03. The Balaban J connectivity index is 2.01. The van der Waals surface area contributed by atoms with Crippen molar-refractivity contribution in [2.24, 2.45) is 0 Å². The third kappa shape index (κ3) is 3.98. The minimum Gasteiger partial charge on any atom is -0.496 e. The molecule has 0 fully saturated rings. The monoisotopic (exact) mass is 307 g/mol. The van der Waals surface area contributed by atoms with Crippen LogP contribution in [0.4, 0.5) is 0 Å². The van der Waals surface area contributed by atoms with Gasteiger partial charge < -0.3 is 10.1 Å². The zero-order valence-electron chi connectivity index (χ0n) is 12.1. The summed E-state index contributed by atoms with van der Waals surface area (Å²) in [6.07, 6.45) is 1.88. The van der Waals surface area contributed by atoms with E-state index in [1.54, 1.807) is 31.4 Å². The standard InChI is InChI=1S/C15H18ClN3O2/c1-3-4-12-8-13(19-18-12)15(20)17-9-10-7-11(16)5-6-14(10)21-2/h5-8H,3-4,9H2,1-2H3,(H,17,20)(H,18,19). The molecule has 0 aliphatic rings. The molecule has 0 unspecified atom stereocenters. The molecule has 1 aromatic carbocycles. The molecule has 1 aromatic heterocycles. The predicted octanol–water partition coefficient (Wildman–Crippen LogP) is 2.95. The lowest BCUT2D eigenvalue weighted by Gasteiger charge is -2.09. The van der Waals surface area contributed by atoms with Crippen molar-refractivity contribution in [3.8, 4) is 5.75 Å². The molecule has 0 aliphatic carbocycles. The van der Waals surface area contributed by atoms with Crippen LogP contribution in [0.15, 0.2) is 24.3 Å². The van der Waals surface area contributed by atoms with Gasteiger partial charge in [-0.3, -0.25) is 9.89 Å². The molecule has 0 spiro atoms. The van der Waals surface area contributed by atoms with E-state index in [2.05, 4.69) is 22.4 Å². The first kappa shape index (κ1) is 15.4. The Morgan fingerprint density at radius 1 is 1.43 bits per heavy atom. The molecule has 21 heavy (non-hydrogen) atoms. The van der Waals surface area contributed by atoms with E-state index in [1.165, 1.54) is 0 Å². The van der Waals surface area contributed by atoms with Crippen LogP contribution < -0.4 is 10.1 Å². The van der Waals surface area contributed by atoms with Gasteiger partial charge in [0.2, 0.25) is 0 Å². The summed E-state index contributed by atoms with van der Waals surface area (Å²) in [6.45, 7) is 2.41. The van der Waals surface area contributed by atoms with Gasteiger partial charge in [-0.05, 0) is 30.7 Å². The molecule has 0 atom stereocenters. The number of carbonyl (C=O) groups is 1. The minimum absolute atomic E-state index is 0.226. The van der Waals surface area contributed by atoms with Crippen LogP contribution in [-0.2, 0) is 13.0 Å². The maximum Gasteiger partial charge on any atom is 0.272 e. The molecule has 6 heteroatoms. The topological polar surface area (TPSA) is 67.0 Å². The molecule has 2 N–H and O–H groups in total. The predicted molar refractivity (Wildman–Crippen MR) is 81.8 cm³/mol. The van der Waals surface area contributed by atoms with Gasteiger partial charge in [-0.1, -0.05) is 24.9 Å². The fourth-order valence-corrected chi connectivity index (χ4v) is 2.22. The summed E-state index contributed by atoms with van der Waals surface area (Å²) in [7, 11) is 1.58. The second-order valence-electron chi connectivity index (χ2n) is 4.67. The first-order valence-electron chi connectivity index (χ1n) is 6.79. The maximum absolute atomic E-state index is 12.1. The van der Waals surface area contributed by atoms with Crippen LogP contribution in [-0.4, -0.2) is 23.2 Å². The lowest BCUT2D eigenvalue weighted by molar-refractivity contribution is 0.0945. The first-order chi connectivity index (χ1) is 10.1. The van der Waals surface area contributed by atoms with Crippen molar-refractivity contribution in [3.63, 3.8) is 0 Å². The Kier molecular flexibility index (Phi) is 5.22. The largest absolute Gasteiger partial charge is 0.496 e. The molecule has 0 saturated heterocycles. The van der Waals surface area contributed by atoms with Crippen molar-refractivity contribution in [1.29, 1.82) is 0 Å². The van der Waals surface area contributed by atoms with Gasteiger partial charge in [0.05, 0.1) is 7.11 Å². The normalized spacial score (nSPS) is 10.4. The summed E-state index contributed by atoms with van der Waals surface area (Å²) in [4.78, 5) is 12.1. The van der Waals surface area contributed by atoms with Gasteiger partial charge in [0.25, 0.3) is 5.91 Å². The van der Waals surface area contributed by atoms with E-state index in [9.17, 15) is 4.79 Å². The van der Waals surface area contributed by atoms with E-state index in [0.717, 1.165) is 24.1 Å². The van der Waals surface area contributed by atoms with Gasteiger partial charge in [0, 0.05) is 22.8 Å². The molecular formula is C15H18ClN3O2. The van der Waals surface area contributed by atoms with Gasteiger partial charge >= 0.3 is 0 Å². The van der Waals surface area contributed by atoms with Gasteiger partial charge in [-0.25, -0.2) is 0 Å². The Morgan fingerprint density at radius 2 is 2.24 bits per heavy atom. The zero-order chi connectivity index (χ0) is 15.2. The molecule has 1 heterocycles. The Labute approximate surface area is 128 Å². The fraction of sp³-hybridized carbons (Fsp3) is 0.333. The summed E-state index contributed by atoms with van der Waals surface area (Å²) < 4.78 is 5.24. The molecule has 0 radical (unpaired) electrons. The summed E-state index contributed by atoms with van der Waals surface area (Å²) in [5.74, 6) is 0.462. The van der Waals surface area contributed by atoms with Crippen molar-refractivity contribution in [1.82, 2.24) is 15.5 Å². The van der Waals surface area contributed by atoms with E-state index in [1.807, 2.05) is 0 Å². The van der Waals surface area contributed by atoms with Crippen LogP contribution in [0.2, 0.25) is 5.02 Å². The number of hydrogen-bond acceptors (Lipinski definition) is 3. The quantitative estimate of drug-likeness (QED) is 0.862. The summed E-state index contributed by atoms with van der Waals surface area (Å²) in [5, 5.41) is 10.3. The molecule has 0 saturated carbocycles. The van der Waals surface area contributed by atoms with E-state index < -0.39 is 0 Å². The highest BCUT2D eigenvalue weighted by molar-refractivity contribution is 6.30. The van der Waals surface area contributed by atoms with Crippen molar-refractivity contribution in [2.45, 2.75) is 26.3 Å². The lowest BCUT2D eigenvalue weighted by Crippen LogP contribution is -2.23. The summed E-state index contributed by atoms with van der Waals surface area (Å²) in [5.41, 5.74) is 2.17. The van der Waals surface area contributed by atoms with Crippen LogP contribution in [0.3, 0.4) is 0 Å². The maximum atomic E-state index is 12.1. The number of nitrogens with zero attached hydrogens (tertiary/aromatic N) is 1. The number of aromatic amines is 1. The van der Waals surface area contributed by atoms with Crippen LogP contribution in [0, 0.1) is 0 Å². The van der Waals surface area contributed by atoms with Crippen LogP contribution in [0.5, 0.6) is 5.75 Å². The highest BCUT2D eigenvalue weighted by Crippen LogP contribution is 2.22. The van der Waals surface area contributed by atoms with Gasteiger partial charge in [-0.2, -0.15) is 5.10 Å². The lowest BCUT2D eigenvalue weighted by atomic mass is 10.2. The van der Waals surface area contributed by atoms with Gasteiger partial charge in [-0.15, -0.1) is 0 Å². The molecule has 2 rings (SSSR count). The number of nitrogens with one attached hydrogen (secondary N) is 2. The van der Waals surface area contributed by atoms with Crippen molar-refractivity contribution in [2.75, 3.05) is 7.11 Å². The Hall–Kier alpha value is -2.01. The number of amides is 1. The average molecular weight is 308 g/mol. The number of aryl methyl sites for hydroxylation is 1. The smallest absolute Gasteiger partial charge is 0.272 e. The minimum atomic E-state index is -0.226. The van der Waals surface area contributed by atoms with E-state index in [-0.39, 0.29) is 5.91 Å². The van der Waals surface area contributed by atoms with E-state index in [4.69, 9.17) is 16.3 Å².